The summed E-state index contributed by atoms with van der Waals surface area (Å²) >= 11 is 0. The van der Waals surface area contributed by atoms with Crippen LogP contribution in [-0.4, -0.2) is 22.0 Å². The molecule has 0 spiro atoms. The maximum absolute atomic E-state index is 12.1. The maximum atomic E-state index is 12.1. The first-order valence-electron chi connectivity index (χ1n) is 8.72. The Kier molecular flexibility index (Phi) is 4.21. The fraction of sp³-hybridized carbons (Fsp3) is 0.444. The second-order valence-corrected chi connectivity index (χ2v) is 6.66. The molecule has 4 rings (SSSR count). The molecule has 0 radical (unpaired) electrons. The molecule has 1 saturated carbocycles. The molecule has 1 aliphatic carbocycles. The highest BCUT2D eigenvalue weighted by Crippen LogP contribution is 2.33. The number of rotatable bonds is 5. The summed E-state index contributed by atoms with van der Waals surface area (Å²) in [6.45, 7) is 0. The summed E-state index contributed by atoms with van der Waals surface area (Å²) in [4.78, 5) is 23.5. The van der Waals surface area contributed by atoms with E-state index in [0.717, 1.165) is 24.1 Å². The highest BCUT2D eigenvalue weighted by Gasteiger charge is 2.23. The topological polar surface area (TPSA) is 97.1 Å². The molecule has 2 N–H and O–H groups in total. The Bertz CT molecular complexity index is 808. The zero-order chi connectivity index (χ0) is 17.2. The van der Waals surface area contributed by atoms with Crippen molar-refractivity contribution in [3.8, 4) is 0 Å². The normalized spacial score (nSPS) is 16.7. The standard InChI is InChI=1S/C18H20N4O3/c23-15(19-13-5-6-14-12(9-13)10-16(24)20-14)7-8-17-21-22-18(25-17)11-3-1-2-4-11/h5-6,9,11H,1-4,7-8,10H2,(H,19,23)(H,20,24). The van der Waals surface area contributed by atoms with Crippen molar-refractivity contribution in [2.75, 3.05) is 10.6 Å². The molecule has 130 valence electrons. The summed E-state index contributed by atoms with van der Waals surface area (Å²) in [5.74, 6) is 1.48. The Balaban J connectivity index is 1.31. The van der Waals surface area contributed by atoms with Crippen LogP contribution in [-0.2, 0) is 22.4 Å². The monoisotopic (exact) mass is 340 g/mol. The third kappa shape index (κ3) is 3.55. The van der Waals surface area contributed by atoms with Gasteiger partial charge in [-0.1, -0.05) is 12.8 Å². The van der Waals surface area contributed by atoms with Crippen LogP contribution >= 0.6 is 0 Å². The number of carbonyl (C=O) groups is 2. The predicted molar refractivity (Wildman–Crippen MR) is 91.2 cm³/mol. The van der Waals surface area contributed by atoms with E-state index in [1.54, 1.807) is 6.07 Å². The molecule has 2 aromatic rings. The zero-order valence-corrected chi connectivity index (χ0v) is 13.9. The summed E-state index contributed by atoms with van der Waals surface area (Å²) in [6.07, 6.45) is 5.71. The van der Waals surface area contributed by atoms with Crippen molar-refractivity contribution in [2.24, 2.45) is 0 Å². The van der Waals surface area contributed by atoms with Crippen molar-refractivity contribution in [2.45, 2.75) is 50.9 Å². The van der Waals surface area contributed by atoms with Gasteiger partial charge in [-0.15, -0.1) is 10.2 Å². The van der Waals surface area contributed by atoms with E-state index >= 15 is 0 Å². The maximum Gasteiger partial charge on any atom is 0.228 e. The highest BCUT2D eigenvalue weighted by atomic mass is 16.4. The lowest BCUT2D eigenvalue weighted by atomic mass is 10.1. The van der Waals surface area contributed by atoms with Gasteiger partial charge in [0.1, 0.15) is 0 Å². The van der Waals surface area contributed by atoms with Gasteiger partial charge in [-0.05, 0) is 36.6 Å². The molecule has 7 heteroatoms. The van der Waals surface area contributed by atoms with Crippen molar-refractivity contribution >= 4 is 23.2 Å². The Morgan fingerprint density at radius 3 is 2.96 bits per heavy atom. The number of hydrogen-bond donors (Lipinski definition) is 2. The molecule has 2 amide bonds. The van der Waals surface area contributed by atoms with Gasteiger partial charge in [0.05, 0.1) is 6.42 Å². The van der Waals surface area contributed by atoms with Gasteiger partial charge in [0, 0.05) is 30.1 Å². The summed E-state index contributed by atoms with van der Waals surface area (Å²) in [5, 5.41) is 13.8. The van der Waals surface area contributed by atoms with Crippen molar-refractivity contribution in [3.05, 3.63) is 35.5 Å². The van der Waals surface area contributed by atoms with Crippen LogP contribution in [0.2, 0.25) is 0 Å². The molecule has 0 bridgehead atoms. The molecule has 7 nitrogen and oxygen atoms in total. The number of aromatic nitrogens is 2. The van der Waals surface area contributed by atoms with E-state index in [9.17, 15) is 9.59 Å². The number of aryl methyl sites for hydroxylation is 1. The molecule has 2 heterocycles. The van der Waals surface area contributed by atoms with Crippen LogP contribution in [0.15, 0.2) is 22.6 Å². The number of hydrogen-bond acceptors (Lipinski definition) is 5. The summed E-state index contributed by atoms with van der Waals surface area (Å²) in [6, 6.07) is 5.42. The molecule has 1 aromatic heterocycles. The van der Waals surface area contributed by atoms with Gasteiger partial charge >= 0.3 is 0 Å². The number of fused-ring (bicyclic) bond motifs is 1. The second-order valence-electron chi connectivity index (χ2n) is 6.66. The Labute approximate surface area is 145 Å². The van der Waals surface area contributed by atoms with Crippen LogP contribution in [0.4, 0.5) is 11.4 Å². The van der Waals surface area contributed by atoms with Crippen molar-refractivity contribution in [1.29, 1.82) is 0 Å². The minimum Gasteiger partial charge on any atom is -0.425 e. The lowest BCUT2D eigenvalue weighted by Gasteiger charge is -2.06. The van der Waals surface area contributed by atoms with Crippen molar-refractivity contribution in [3.63, 3.8) is 0 Å². The molecular formula is C18H20N4O3. The van der Waals surface area contributed by atoms with Gasteiger partial charge in [-0.2, -0.15) is 0 Å². The van der Waals surface area contributed by atoms with Crippen LogP contribution < -0.4 is 10.6 Å². The van der Waals surface area contributed by atoms with Crippen LogP contribution in [0.3, 0.4) is 0 Å². The van der Waals surface area contributed by atoms with Gasteiger partial charge in [0.2, 0.25) is 23.6 Å². The zero-order valence-electron chi connectivity index (χ0n) is 13.9. The number of nitrogens with one attached hydrogen (secondary N) is 2. The van der Waals surface area contributed by atoms with Crippen LogP contribution in [0.1, 0.15) is 55.4 Å². The number of anilines is 2. The Morgan fingerprint density at radius 2 is 2.12 bits per heavy atom. The molecule has 0 unspecified atom stereocenters. The minimum absolute atomic E-state index is 0.0204. The third-order valence-corrected chi connectivity index (χ3v) is 4.77. The lowest BCUT2D eigenvalue weighted by molar-refractivity contribution is -0.116. The smallest absolute Gasteiger partial charge is 0.228 e. The quantitative estimate of drug-likeness (QED) is 0.872. The number of carbonyl (C=O) groups excluding carboxylic acids is 2. The van der Waals surface area contributed by atoms with E-state index in [4.69, 9.17) is 4.42 Å². The first-order chi connectivity index (χ1) is 12.2. The number of nitrogens with zero attached hydrogens (tertiary/aromatic N) is 2. The van der Waals surface area contributed by atoms with Gasteiger partial charge in [-0.3, -0.25) is 9.59 Å². The predicted octanol–water partition coefficient (Wildman–Crippen LogP) is 2.79. The average molecular weight is 340 g/mol. The summed E-state index contributed by atoms with van der Waals surface area (Å²) in [5.41, 5.74) is 2.41. The lowest BCUT2D eigenvalue weighted by Crippen LogP contribution is -2.12. The molecule has 0 saturated heterocycles. The summed E-state index contributed by atoms with van der Waals surface area (Å²) < 4.78 is 5.69. The number of amides is 2. The SMILES string of the molecule is O=C(CCc1nnc(C2CCCC2)o1)Nc1ccc2c(c1)CC(=O)N2. The molecule has 1 aromatic carbocycles. The molecule has 1 aliphatic heterocycles. The molecule has 1 fully saturated rings. The van der Waals surface area contributed by atoms with E-state index < -0.39 is 0 Å². The fourth-order valence-electron chi connectivity index (χ4n) is 3.46. The van der Waals surface area contributed by atoms with Crippen LogP contribution in [0, 0.1) is 0 Å². The second kappa shape index (κ2) is 6.66. The van der Waals surface area contributed by atoms with E-state index in [-0.39, 0.29) is 18.2 Å². The van der Waals surface area contributed by atoms with E-state index in [1.807, 2.05) is 12.1 Å². The van der Waals surface area contributed by atoms with Gasteiger partial charge < -0.3 is 15.1 Å². The molecule has 0 atom stereocenters. The van der Waals surface area contributed by atoms with Gasteiger partial charge in [-0.25, -0.2) is 0 Å². The summed E-state index contributed by atoms with van der Waals surface area (Å²) in [7, 11) is 0. The van der Waals surface area contributed by atoms with Crippen LogP contribution in [0.25, 0.3) is 0 Å². The largest absolute Gasteiger partial charge is 0.425 e. The minimum atomic E-state index is -0.113. The van der Waals surface area contributed by atoms with Gasteiger partial charge in [0.25, 0.3) is 0 Å². The molecule has 25 heavy (non-hydrogen) atoms. The molecule has 2 aliphatic rings. The van der Waals surface area contributed by atoms with Gasteiger partial charge in [0.15, 0.2) is 0 Å². The van der Waals surface area contributed by atoms with Crippen LogP contribution in [0.5, 0.6) is 0 Å². The van der Waals surface area contributed by atoms with E-state index in [2.05, 4.69) is 20.8 Å². The average Bonchev–Trinajstić information content (AvgIpc) is 3.32. The highest BCUT2D eigenvalue weighted by molar-refractivity contribution is 6.00. The first-order valence-corrected chi connectivity index (χ1v) is 8.72. The van der Waals surface area contributed by atoms with E-state index in [1.165, 1.54) is 12.8 Å². The van der Waals surface area contributed by atoms with Crippen molar-refractivity contribution in [1.82, 2.24) is 10.2 Å². The van der Waals surface area contributed by atoms with E-state index in [0.29, 0.717) is 36.2 Å². The molecular weight excluding hydrogens is 320 g/mol. The first kappa shape index (κ1) is 15.8. The fourth-order valence-corrected chi connectivity index (χ4v) is 3.46. The number of benzene rings is 1. The Morgan fingerprint density at radius 1 is 1.28 bits per heavy atom. The third-order valence-electron chi connectivity index (χ3n) is 4.77. The van der Waals surface area contributed by atoms with Crippen molar-refractivity contribution < 1.29 is 14.0 Å². The Hall–Kier alpha value is -2.70.